The van der Waals surface area contributed by atoms with Gasteiger partial charge in [-0.05, 0) is 54.3 Å². The lowest BCUT2D eigenvalue weighted by molar-refractivity contribution is -0.138. The lowest BCUT2D eigenvalue weighted by Gasteiger charge is -2.15. The van der Waals surface area contributed by atoms with Gasteiger partial charge in [0, 0.05) is 5.56 Å². The van der Waals surface area contributed by atoms with Gasteiger partial charge < -0.3 is 15.2 Å². The summed E-state index contributed by atoms with van der Waals surface area (Å²) in [6.07, 6.45) is 1.38. The third-order valence-electron chi connectivity index (χ3n) is 4.59. The van der Waals surface area contributed by atoms with E-state index in [-0.39, 0.29) is 5.91 Å². The van der Waals surface area contributed by atoms with Crippen LogP contribution in [0, 0.1) is 0 Å². The number of ether oxygens (including phenoxy) is 1. The number of aryl methyl sites for hydroxylation is 1. The predicted molar refractivity (Wildman–Crippen MR) is 109 cm³/mol. The van der Waals surface area contributed by atoms with E-state index in [0.717, 1.165) is 28.5 Å². The molecule has 5 heteroatoms. The van der Waals surface area contributed by atoms with E-state index >= 15 is 0 Å². The third kappa shape index (κ3) is 4.68. The number of benzene rings is 3. The van der Waals surface area contributed by atoms with Crippen molar-refractivity contribution in [3.63, 3.8) is 0 Å². The molecule has 0 fully saturated rings. The molecule has 0 spiro atoms. The highest BCUT2D eigenvalue weighted by molar-refractivity contribution is 6.02. The summed E-state index contributed by atoms with van der Waals surface area (Å²) in [7, 11) is 0. The maximum absolute atomic E-state index is 12.7. The Morgan fingerprint density at radius 1 is 1.00 bits per heavy atom. The van der Waals surface area contributed by atoms with E-state index in [4.69, 9.17) is 9.84 Å². The highest BCUT2D eigenvalue weighted by Crippen LogP contribution is 2.24. The molecular weight excluding hydrogens is 354 g/mol. The van der Waals surface area contributed by atoms with E-state index in [0.29, 0.717) is 18.6 Å². The minimum atomic E-state index is -1.06. The molecule has 5 nitrogen and oxygen atoms in total. The number of carboxylic acids is 1. The van der Waals surface area contributed by atoms with Crippen molar-refractivity contribution < 1.29 is 19.4 Å². The molecule has 0 saturated carbocycles. The lowest BCUT2D eigenvalue weighted by Crippen LogP contribution is -2.38. The Kier molecular flexibility index (Phi) is 6.27. The number of rotatable bonds is 8. The Balaban J connectivity index is 1.79. The van der Waals surface area contributed by atoms with Crippen LogP contribution in [0.5, 0.6) is 5.75 Å². The molecule has 0 aromatic heterocycles. The number of carbonyl (C=O) groups excluding carboxylic acids is 1. The van der Waals surface area contributed by atoms with E-state index in [1.165, 1.54) is 6.92 Å². The first-order chi connectivity index (χ1) is 13.6. The van der Waals surface area contributed by atoms with Crippen molar-refractivity contribution >= 4 is 22.6 Å². The van der Waals surface area contributed by atoms with E-state index in [2.05, 4.69) is 5.32 Å². The van der Waals surface area contributed by atoms with Crippen LogP contribution >= 0.6 is 0 Å². The van der Waals surface area contributed by atoms with Gasteiger partial charge in [0.25, 0.3) is 5.91 Å². The number of para-hydroxylation sites is 1. The summed E-state index contributed by atoms with van der Waals surface area (Å²) in [4.78, 5) is 23.8. The molecule has 0 saturated heterocycles. The Morgan fingerprint density at radius 2 is 1.71 bits per heavy atom. The van der Waals surface area contributed by atoms with Gasteiger partial charge in [-0.2, -0.15) is 0 Å². The van der Waals surface area contributed by atoms with Crippen molar-refractivity contribution in [2.45, 2.75) is 25.8 Å². The summed E-state index contributed by atoms with van der Waals surface area (Å²) in [5.41, 5.74) is 1.41. The van der Waals surface area contributed by atoms with Crippen molar-refractivity contribution in [2.75, 3.05) is 6.61 Å². The molecule has 0 radical (unpaired) electrons. The summed E-state index contributed by atoms with van der Waals surface area (Å²) in [6, 6.07) is 20.2. The first-order valence-electron chi connectivity index (χ1n) is 9.28. The molecule has 2 N–H and O–H groups in total. The van der Waals surface area contributed by atoms with Crippen molar-refractivity contribution in [3.8, 4) is 5.75 Å². The van der Waals surface area contributed by atoms with Gasteiger partial charge in [0.05, 0.1) is 6.61 Å². The fourth-order valence-corrected chi connectivity index (χ4v) is 3.11. The molecular formula is C23H23NO4. The molecule has 3 rings (SSSR count). The standard InChI is InChI=1S/C23H23NO4/c1-16(23(26)27)24-22(25)21-14-13-17-8-5-6-11-19(17)20(21)12-7-15-28-18-9-3-2-4-10-18/h2-6,8-11,13-14,16H,7,12,15H2,1H3,(H,24,25)(H,26,27). The number of carbonyl (C=O) groups is 2. The van der Waals surface area contributed by atoms with Crippen LogP contribution in [0.3, 0.4) is 0 Å². The van der Waals surface area contributed by atoms with Crippen LogP contribution in [0.2, 0.25) is 0 Å². The van der Waals surface area contributed by atoms with Gasteiger partial charge in [0.1, 0.15) is 11.8 Å². The molecule has 3 aromatic rings. The molecule has 0 aliphatic heterocycles. The summed E-state index contributed by atoms with van der Waals surface area (Å²) >= 11 is 0. The average molecular weight is 377 g/mol. The van der Waals surface area contributed by atoms with Gasteiger partial charge in [-0.25, -0.2) is 0 Å². The smallest absolute Gasteiger partial charge is 0.325 e. The minimum Gasteiger partial charge on any atom is -0.494 e. The molecule has 1 amide bonds. The first-order valence-corrected chi connectivity index (χ1v) is 9.28. The lowest BCUT2D eigenvalue weighted by atomic mass is 9.95. The van der Waals surface area contributed by atoms with Gasteiger partial charge in [0.15, 0.2) is 0 Å². The molecule has 0 aliphatic carbocycles. The minimum absolute atomic E-state index is 0.375. The van der Waals surface area contributed by atoms with Crippen LogP contribution in [-0.4, -0.2) is 29.6 Å². The second kappa shape index (κ2) is 9.04. The summed E-state index contributed by atoms with van der Waals surface area (Å²) in [5.74, 6) is -0.625. The second-order valence-electron chi connectivity index (χ2n) is 6.61. The van der Waals surface area contributed by atoms with E-state index < -0.39 is 12.0 Å². The number of aliphatic carboxylic acids is 1. The number of carboxylic acid groups (broad SMARTS) is 1. The average Bonchev–Trinajstić information content (AvgIpc) is 2.71. The fraction of sp³-hybridized carbons (Fsp3) is 0.217. The molecule has 144 valence electrons. The predicted octanol–water partition coefficient (Wildman–Crippen LogP) is 4.05. The number of fused-ring (bicyclic) bond motifs is 1. The largest absolute Gasteiger partial charge is 0.494 e. The Hall–Kier alpha value is -3.34. The topological polar surface area (TPSA) is 75.6 Å². The quantitative estimate of drug-likeness (QED) is 0.581. The zero-order valence-corrected chi connectivity index (χ0v) is 15.7. The van der Waals surface area contributed by atoms with Crippen LogP contribution in [0.25, 0.3) is 10.8 Å². The molecule has 1 atom stereocenters. The SMILES string of the molecule is CC(NC(=O)c1ccc2ccccc2c1CCCOc1ccccc1)C(=O)O. The molecule has 0 heterocycles. The van der Waals surface area contributed by atoms with Gasteiger partial charge >= 0.3 is 5.97 Å². The number of nitrogens with one attached hydrogen (secondary N) is 1. The highest BCUT2D eigenvalue weighted by atomic mass is 16.5. The van der Waals surface area contributed by atoms with E-state index in [9.17, 15) is 9.59 Å². The Bertz CT molecular complexity index is 969. The van der Waals surface area contributed by atoms with E-state index in [1.54, 1.807) is 6.07 Å². The van der Waals surface area contributed by atoms with Crippen molar-refractivity contribution in [2.24, 2.45) is 0 Å². The Labute approximate surface area is 164 Å². The number of hydrogen-bond donors (Lipinski definition) is 2. The maximum atomic E-state index is 12.7. The molecule has 28 heavy (non-hydrogen) atoms. The zero-order chi connectivity index (χ0) is 19.9. The van der Waals surface area contributed by atoms with Crippen molar-refractivity contribution in [1.29, 1.82) is 0 Å². The summed E-state index contributed by atoms with van der Waals surface area (Å²) in [6.45, 7) is 1.98. The van der Waals surface area contributed by atoms with Gasteiger partial charge in [-0.3, -0.25) is 9.59 Å². The summed E-state index contributed by atoms with van der Waals surface area (Å²) in [5, 5.41) is 13.7. The molecule has 0 bridgehead atoms. The van der Waals surface area contributed by atoms with Crippen LogP contribution in [0.4, 0.5) is 0 Å². The van der Waals surface area contributed by atoms with Crippen LogP contribution in [0.1, 0.15) is 29.3 Å². The van der Waals surface area contributed by atoms with Crippen molar-refractivity contribution in [1.82, 2.24) is 5.32 Å². The van der Waals surface area contributed by atoms with Gasteiger partial charge in [-0.1, -0.05) is 48.5 Å². The van der Waals surface area contributed by atoms with Gasteiger partial charge in [0.2, 0.25) is 0 Å². The Morgan fingerprint density at radius 3 is 2.46 bits per heavy atom. The number of hydrogen-bond acceptors (Lipinski definition) is 3. The van der Waals surface area contributed by atoms with E-state index in [1.807, 2.05) is 60.7 Å². The summed E-state index contributed by atoms with van der Waals surface area (Å²) < 4.78 is 5.76. The third-order valence-corrected chi connectivity index (χ3v) is 4.59. The van der Waals surface area contributed by atoms with Crippen LogP contribution in [0.15, 0.2) is 66.7 Å². The second-order valence-corrected chi connectivity index (χ2v) is 6.61. The molecule has 1 unspecified atom stereocenters. The zero-order valence-electron chi connectivity index (χ0n) is 15.7. The normalized spacial score (nSPS) is 11.8. The fourth-order valence-electron chi connectivity index (χ4n) is 3.11. The first kappa shape index (κ1) is 19.4. The molecule has 0 aliphatic rings. The molecule has 3 aromatic carbocycles. The monoisotopic (exact) mass is 377 g/mol. The van der Waals surface area contributed by atoms with Crippen molar-refractivity contribution in [3.05, 3.63) is 77.9 Å². The highest BCUT2D eigenvalue weighted by Gasteiger charge is 2.19. The van der Waals surface area contributed by atoms with Crippen LogP contribution < -0.4 is 10.1 Å². The number of amides is 1. The van der Waals surface area contributed by atoms with Crippen LogP contribution in [-0.2, 0) is 11.2 Å². The van der Waals surface area contributed by atoms with Gasteiger partial charge in [-0.15, -0.1) is 0 Å². The maximum Gasteiger partial charge on any atom is 0.325 e.